The largest absolute Gasteiger partial charge is 0.314 e. The van der Waals surface area contributed by atoms with Gasteiger partial charge in [0.25, 0.3) is 0 Å². The minimum Gasteiger partial charge on any atom is -0.314 e. The van der Waals surface area contributed by atoms with E-state index in [0.29, 0.717) is 11.5 Å². The van der Waals surface area contributed by atoms with E-state index in [9.17, 15) is 0 Å². The topological polar surface area (TPSA) is 12.0 Å². The lowest BCUT2D eigenvalue weighted by Crippen LogP contribution is -2.40. The first kappa shape index (κ1) is 16.3. The molecule has 1 aliphatic carbocycles. The molecule has 2 rings (SSSR count). The molecule has 1 saturated carbocycles. The van der Waals surface area contributed by atoms with Crippen molar-refractivity contribution in [1.29, 1.82) is 0 Å². The second-order valence-electron chi connectivity index (χ2n) is 7.00. The lowest BCUT2D eigenvalue weighted by atomic mass is 9.70. The molecule has 0 saturated heterocycles. The van der Waals surface area contributed by atoms with Gasteiger partial charge in [-0.05, 0) is 90.3 Å². The number of rotatable bonds is 5. The molecule has 20 heavy (non-hydrogen) atoms. The first-order chi connectivity index (χ1) is 9.50. The van der Waals surface area contributed by atoms with E-state index in [2.05, 4.69) is 72.9 Å². The van der Waals surface area contributed by atoms with Crippen LogP contribution in [0.4, 0.5) is 0 Å². The molecule has 0 bridgehead atoms. The van der Waals surface area contributed by atoms with E-state index in [-0.39, 0.29) is 0 Å². The molecule has 1 aromatic carbocycles. The first-order valence-electron chi connectivity index (χ1n) is 7.98. The maximum atomic E-state index is 3.74. The van der Waals surface area contributed by atoms with Crippen LogP contribution in [0.2, 0.25) is 0 Å². The number of likely N-dealkylation sites (N-methyl/N-ethyl adjacent to an activating group) is 1. The molecule has 1 N–H and O–H groups in total. The summed E-state index contributed by atoms with van der Waals surface area (Å²) in [5, 5.41) is 3.74. The summed E-state index contributed by atoms with van der Waals surface area (Å²) in [6.07, 6.45) is 6.71. The maximum absolute atomic E-state index is 3.74. The summed E-state index contributed by atoms with van der Waals surface area (Å²) in [6, 6.07) is 9.68. The Morgan fingerprint density at radius 3 is 2.35 bits per heavy atom. The number of nitrogens with one attached hydrogen (secondary N) is 1. The van der Waals surface area contributed by atoms with Crippen molar-refractivity contribution in [3.63, 3.8) is 0 Å². The highest BCUT2D eigenvalue weighted by Gasteiger charge is 2.30. The lowest BCUT2D eigenvalue weighted by molar-refractivity contribution is 0.161. The van der Waals surface area contributed by atoms with Crippen LogP contribution in [0.25, 0.3) is 0 Å². The van der Waals surface area contributed by atoms with Gasteiger partial charge in [-0.3, -0.25) is 0 Å². The van der Waals surface area contributed by atoms with E-state index in [1.807, 2.05) is 0 Å². The van der Waals surface area contributed by atoms with E-state index in [1.54, 1.807) is 0 Å². The van der Waals surface area contributed by atoms with E-state index < -0.39 is 0 Å². The smallest absolute Gasteiger partial charge is 0.0136 e. The lowest BCUT2D eigenvalue weighted by Gasteiger charge is -2.38. The van der Waals surface area contributed by atoms with Crippen molar-refractivity contribution in [2.45, 2.75) is 58.9 Å². The summed E-state index contributed by atoms with van der Waals surface area (Å²) < 4.78 is 1.32. The predicted octanol–water partition coefficient (Wildman–Crippen LogP) is 5.03. The van der Waals surface area contributed by atoms with Gasteiger partial charge in [0, 0.05) is 9.61 Å². The molecule has 0 aliphatic heterocycles. The van der Waals surface area contributed by atoms with Gasteiger partial charge in [0.1, 0.15) is 0 Å². The number of halogens is 1. The van der Waals surface area contributed by atoms with Gasteiger partial charge >= 0.3 is 0 Å². The van der Waals surface area contributed by atoms with Gasteiger partial charge in [0.05, 0.1) is 0 Å². The summed E-state index contributed by atoms with van der Waals surface area (Å²) in [5.74, 6) is 0.849. The summed E-state index contributed by atoms with van der Waals surface area (Å²) in [4.78, 5) is 0. The van der Waals surface area contributed by atoms with Crippen molar-refractivity contribution in [2.24, 2.45) is 11.3 Å². The zero-order valence-corrected chi connectivity index (χ0v) is 15.2. The molecule has 0 heterocycles. The molecule has 1 nitrogen and oxygen atoms in total. The average molecular weight is 385 g/mol. The van der Waals surface area contributed by atoms with Crippen LogP contribution in [0.5, 0.6) is 0 Å². The van der Waals surface area contributed by atoms with Crippen molar-refractivity contribution in [1.82, 2.24) is 5.32 Å². The number of benzene rings is 1. The summed E-state index contributed by atoms with van der Waals surface area (Å²) in [7, 11) is 0. The van der Waals surface area contributed by atoms with Gasteiger partial charge < -0.3 is 5.32 Å². The highest BCUT2D eigenvalue weighted by atomic mass is 127. The summed E-state index contributed by atoms with van der Waals surface area (Å²) in [5.41, 5.74) is 2.04. The minimum absolute atomic E-state index is 0.566. The van der Waals surface area contributed by atoms with E-state index in [0.717, 1.165) is 12.5 Å². The Kier molecular flexibility index (Phi) is 5.91. The van der Waals surface area contributed by atoms with Crippen molar-refractivity contribution >= 4 is 22.6 Å². The van der Waals surface area contributed by atoms with Crippen LogP contribution in [0.15, 0.2) is 24.3 Å². The standard InChI is InChI=1S/C18H28IN/c1-4-20-17(13-14-5-7-16(19)8-6-14)15-9-11-18(2,3)12-10-15/h5-8,15,17,20H,4,9-13H2,1-3H3. The fourth-order valence-electron chi connectivity index (χ4n) is 3.37. The van der Waals surface area contributed by atoms with Gasteiger partial charge in [0.15, 0.2) is 0 Å². The molecular weight excluding hydrogens is 357 g/mol. The van der Waals surface area contributed by atoms with Gasteiger partial charge in [-0.25, -0.2) is 0 Å². The molecule has 0 spiro atoms. The van der Waals surface area contributed by atoms with E-state index in [4.69, 9.17) is 0 Å². The molecule has 0 aromatic heterocycles. The van der Waals surface area contributed by atoms with E-state index >= 15 is 0 Å². The Hall–Kier alpha value is -0.0900. The first-order valence-corrected chi connectivity index (χ1v) is 9.06. The molecule has 2 heteroatoms. The third-order valence-corrected chi connectivity index (χ3v) is 5.51. The molecule has 1 unspecified atom stereocenters. The van der Waals surface area contributed by atoms with Crippen LogP contribution in [0, 0.1) is 14.9 Å². The van der Waals surface area contributed by atoms with Crippen molar-refractivity contribution < 1.29 is 0 Å². The summed E-state index contributed by atoms with van der Waals surface area (Å²) in [6.45, 7) is 8.15. The third kappa shape index (κ3) is 4.73. The molecular formula is C18H28IN. The van der Waals surface area contributed by atoms with Crippen LogP contribution in [-0.2, 0) is 6.42 Å². The Morgan fingerprint density at radius 1 is 1.20 bits per heavy atom. The molecule has 1 aromatic rings. The average Bonchev–Trinajstić information content (AvgIpc) is 2.41. The zero-order chi connectivity index (χ0) is 14.6. The quantitative estimate of drug-likeness (QED) is 0.702. The number of hydrogen-bond donors (Lipinski definition) is 1. The molecule has 112 valence electrons. The normalized spacial score (nSPS) is 20.8. The highest BCUT2D eigenvalue weighted by Crippen LogP contribution is 2.39. The van der Waals surface area contributed by atoms with Gasteiger partial charge in [0.2, 0.25) is 0 Å². The molecule has 1 aliphatic rings. The van der Waals surface area contributed by atoms with E-state index in [1.165, 1.54) is 41.2 Å². The molecule has 1 atom stereocenters. The fourth-order valence-corrected chi connectivity index (χ4v) is 3.73. The Morgan fingerprint density at radius 2 is 1.80 bits per heavy atom. The predicted molar refractivity (Wildman–Crippen MR) is 96.1 cm³/mol. The van der Waals surface area contributed by atoms with Crippen LogP contribution in [0.3, 0.4) is 0 Å². The van der Waals surface area contributed by atoms with Crippen molar-refractivity contribution in [2.75, 3.05) is 6.54 Å². The molecule has 0 radical (unpaired) electrons. The molecule has 0 amide bonds. The molecule has 1 fully saturated rings. The van der Waals surface area contributed by atoms with Crippen molar-refractivity contribution in [3.8, 4) is 0 Å². The van der Waals surface area contributed by atoms with Crippen molar-refractivity contribution in [3.05, 3.63) is 33.4 Å². The van der Waals surface area contributed by atoms with Crippen LogP contribution < -0.4 is 5.32 Å². The Labute approximate surface area is 138 Å². The highest BCUT2D eigenvalue weighted by molar-refractivity contribution is 14.1. The van der Waals surface area contributed by atoms with Crippen LogP contribution in [-0.4, -0.2) is 12.6 Å². The van der Waals surface area contributed by atoms with Crippen LogP contribution >= 0.6 is 22.6 Å². The SMILES string of the molecule is CCNC(Cc1ccc(I)cc1)C1CCC(C)(C)CC1. The Balaban J connectivity index is 1.98. The number of hydrogen-bond acceptors (Lipinski definition) is 1. The monoisotopic (exact) mass is 385 g/mol. The zero-order valence-electron chi connectivity index (χ0n) is 13.1. The maximum Gasteiger partial charge on any atom is 0.0136 e. The van der Waals surface area contributed by atoms with Gasteiger partial charge in [-0.1, -0.05) is 32.9 Å². The Bertz CT molecular complexity index is 400. The third-order valence-electron chi connectivity index (χ3n) is 4.79. The fraction of sp³-hybridized carbons (Fsp3) is 0.667. The van der Waals surface area contributed by atoms with Crippen LogP contribution in [0.1, 0.15) is 52.0 Å². The summed E-state index contributed by atoms with van der Waals surface area (Å²) >= 11 is 2.38. The van der Waals surface area contributed by atoms with Gasteiger partial charge in [-0.15, -0.1) is 0 Å². The minimum atomic E-state index is 0.566. The van der Waals surface area contributed by atoms with Gasteiger partial charge in [-0.2, -0.15) is 0 Å². The second kappa shape index (κ2) is 7.26. The second-order valence-corrected chi connectivity index (χ2v) is 8.24.